The van der Waals surface area contributed by atoms with E-state index in [-0.39, 0.29) is 0 Å². The predicted octanol–water partition coefficient (Wildman–Crippen LogP) is 0.880. The highest BCUT2D eigenvalue weighted by Crippen LogP contribution is 2.12. The van der Waals surface area contributed by atoms with Gasteiger partial charge in [0.05, 0.1) is 7.05 Å². The number of hydrogen-bond donors (Lipinski definition) is 0. The number of fused-ring (bicyclic) bond motifs is 1. The monoisotopic (exact) mass is 268 g/mol. The molecule has 4 heteroatoms. The van der Waals surface area contributed by atoms with E-state index in [1.807, 2.05) is 0 Å². The molecule has 0 fully saturated rings. The highest BCUT2D eigenvalue weighted by molar-refractivity contribution is 5.71. The van der Waals surface area contributed by atoms with Crippen LogP contribution in [0.2, 0.25) is 0 Å². The van der Waals surface area contributed by atoms with Gasteiger partial charge in [0.25, 0.3) is 0 Å². The minimum atomic E-state index is -0.500. The van der Waals surface area contributed by atoms with Gasteiger partial charge >= 0.3 is 0 Å². The van der Waals surface area contributed by atoms with E-state index in [1.165, 1.54) is 16.6 Å². The SMILES string of the molecule is C[n+]1cn(Cc2ccccc2)c2ccccc21.O=C[O-]. The Morgan fingerprint density at radius 1 is 1.10 bits per heavy atom. The number of carbonyl (C=O) groups excluding carboxylic acids is 1. The molecule has 0 saturated heterocycles. The topological polar surface area (TPSA) is 48.9 Å². The maximum absolute atomic E-state index is 8.25. The molecule has 2 aromatic carbocycles. The Hall–Kier alpha value is -2.62. The standard InChI is InChI=1S/C15H15N2.CH2O2/c1-16-12-17(11-13-7-3-2-4-8-13)15-10-6-5-9-14(15)16;2-1-3/h2-10,12H,11H2,1H3;1H,(H,2,3)/q+1;/p-1. The third-order valence-corrected chi connectivity index (χ3v) is 3.08. The molecule has 0 radical (unpaired) electrons. The zero-order valence-electron chi connectivity index (χ0n) is 11.3. The van der Waals surface area contributed by atoms with Crippen molar-refractivity contribution < 1.29 is 14.5 Å². The van der Waals surface area contributed by atoms with Crippen LogP contribution in [-0.4, -0.2) is 11.0 Å². The second kappa shape index (κ2) is 6.52. The first-order valence-electron chi connectivity index (χ1n) is 6.29. The van der Waals surface area contributed by atoms with Gasteiger partial charge in [0, 0.05) is 6.47 Å². The number of carbonyl (C=O) groups is 1. The van der Waals surface area contributed by atoms with Crippen molar-refractivity contribution in [2.45, 2.75) is 6.54 Å². The molecule has 0 aliphatic heterocycles. The summed E-state index contributed by atoms with van der Waals surface area (Å²) in [4.78, 5) is 8.25. The zero-order valence-corrected chi connectivity index (χ0v) is 11.3. The molecule has 0 saturated carbocycles. The number of nitrogens with zero attached hydrogens (tertiary/aromatic N) is 2. The molecule has 0 N–H and O–H groups in total. The van der Waals surface area contributed by atoms with Crippen LogP contribution in [0.15, 0.2) is 60.9 Å². The quantitative estimate of drug-likeness (QED) is 0.512. The molecular weight excluding hydrogens is 252 g/mol. The Kier molecular flexibility index (Phi) is 4.50. The zero-order chi connectivity index (χ0) is 14.4. The average Bonchev–Trinajstić information content (AvgIpc) is 2.78. The van der Waals surface area contributed by atoms with Crippen molar-refractivity contribution >= 4 is 17.5 Å². The lowest BCUT2D eigenvalue weighted by atomic mass is 10.2. The lowest BCUT2D eigenvalue weighted by molar-refractivity contribution is -0.645. The highest BCUT2D eigenvalue weighted by atomic mass is 16.3. The van der Waals surface area contributed by atoms with Crippen LogP contribution in [0.1, 0.15) is 5.56 Å². The maximum atomic E-state index is 8.25. The van der Waals surface area contributed by atoms with E-state index in [0.29, 0.717) is 0 Å². The summed E-state index contributed by atoms with van der Waals surface area (Å²) in [6.07, 6.45) is 2.15. The summed E-state index contributed by atoms with van der Waals surface area (Å²) >= 11 is 0. The summed E-state index contributed by atoms with van der Waals surface area (Å²) in [6, 6.07) is 19.0. The normalized spacial score (nSPS) is 9.85. The van der Waals surface area contributed by atoms with Gasteiger partial charge in [-0.05, 0) is 17.7 Å². The predicted molar refractivity (Wildman–Crippen MR) is 74.7 cm³/mol. The lowest BCUT2D eigenvalue weighted by Gasteiger charge is -1.97. The van der Waals surface area contributed by atoms with E-state index in [9.17, 15) is 0 Å². The fraction of sp³-hybridized carbons (Fsp3) is 0.125. The van der Waals surface area contributed by atoms with Crippen LogP contribution in [0.25, 0.3) is 11.0 Å². The molecule has 20 heavy (non-hydrogen) atoms. The molecule has 1 heterocycles. The Morgan fingerprint density at radius 3 is 2.40 bits per heavy atom. The van der Waals surface area contributed by atoms with Crippen LogP contribution < -0.4 is 9.67 Å². The first kappa shape index (κ1) is 13.8. The van der Waals surface area contributed by atoms with Gasteiger partial charge in [0.2, 0.25) is 6.33 Å². The van der Waals surface area contributed by atoms with Crippen LogP contribution in [0.5, 0.6) is 0 Å². The molecule has 0 amide bonds. The van der Waals surface area contributed by atoms with Crippen LogP contribution in [0, 0.1) is 0 Å². The van der Waals surface area contributed by atoms with Crippen molar-refractivity contribution in [2.75, 3.05) is 0 Å². The van der Waals surface area contributed by atoms with E-state index in [4.69, 9.17) is 9.90 Å². The molecule has 102 valence electrons. The third-order valence-electron chi connectivity index (χ3n) is 3.08. The minimum absolute atomic E-state index is 0.500. The van der Waals surface area contributed by atoms with Crippen molar-refractivity contribution in [1.82, 2.24) is 4.57 Å². The summed E-state index contributed by atoms with van der Waals surface area (Å²) < 4.78 is 4.45. The van der Waals surface area contributed by atoms with Gasteiger partial charge in [-0.1, -0.05) is 42.5 Å². The number of aromatic nitrogens is 2. The number of aryl methyl sites for hydroxylation is 1. The summed E-state index contributed by atoms with van der Waals surface area (Å²) in [7, 11) is 2.09. The minimum Gasteiger partial charge on any atom is -0.554 e. The van der Waals surface area contributed by atoms with Gasteiger partial charge in [-0.15, -0.1) is 0 Å². The van der Waals surface area contributed by atoms with E-state index in [1.54, 1.807) is 0 Å². The van der Waals surface area contributed by atoms with Crippen molar-refractivity contribution in [3.8, 4) is 0 Å². The molecule has 4 nitrogen and oxygen atoms in total. The highest BCUT2D eigenvalue weighted by Gasteiger charge is 2.11. The Balaban J connectivity index is 0.000000452. The Morgan fingerprint density at radius 2 is 1.70 bits per heavy atom. The second-order valence-electron chi connectivity index (χ2n) is 4.42. The van der Waals surface area contributed by atoms with Gasteiger partial charge in [-0.3, -0.25) is 0 Å². The summed E-state index contributed by atoms with van der Waals surface area (Å²) in [5, 5.41) is 8.25. The molecule has 3 aromatic rings. The van der Waals surface area contributed by atoms with Crippen molar-refractivity contribution in [3.63, 3.8) is 0 Å². The number of para-hydroxylation sites is 2. The van der Waals surface area contributed by atoms with Crippen LogP contribution >= 0.6 is 0 Å². The van der Waals surface area contributed by atoms with Crippen molar-refractivity contribution in [3.05, 3.63) is 66.5 Å². The smallest absolute Gasteiger partial charge is 0.244 e. The molecule has 3 rings (SSSR count). The summed E-state index contributed by atoms with van der Waals surface area (Å²) in [5.41, 5.74) is 3.87. The van der Waals surface area contributed by atoms with E-state index in [0.717, 1.165) is 6.54 Å². The Labute approximate surface area is 117 Å². The van der Waals surface area contributed by atoms with E-state index < -0.39 is 6.47 Å². The van der Waals surface area contributed by atoms with Gasteiger partial charge in [-0.25, -0.2) is 9.13 Å². The second-order valence-corrected chi connectivity index (χ2v) is 4.42. The fourth-order valence-electron chi connectivity index (χ4n) is 2.24. The van der Waals surface area contributed by atoms with Crippen molar-refractivity contribution in [1.29, 1.82) is 0 Å². The number of hydrogen-bond acceptors (Lipinski definition) is 2. The van der Waals surface area contributed by atoms with Crippen LogP contribution in [0.4, 0.5) is 0 Å². The van der Waals surface area contributed by atoms with Gasteiger partial charge < -0.3 is 9.90 Å². The van der Waals surface area contributed by atoms with Crippen LogP contribution in [-0.2, 0) is 18.4 Å². The first-order chi connectivity index (χ1) is 9.76. The molecule has 0 atom stereocenters. The molecule has 0 unspecified atom stereocenters. The molecule has 0 bridgehead atoms. The number of benzene rings is 2. The van der Waals surface area contributed by atoms with Crippen LogP contribution in [0.3, 0.4) is 0 Å². The van der Waals surface area contributed by atoms with Gasteiger partial charge in [0.1, 0.15) is 6.54 Å². The number of rotatable bonds is 2. The van der Waals surface area contributed by atoms with Gasteiger partial charge in [-0.2, -0.15) is 0 Å². The molecule has 1 aromatic heterocycles. The number of carboxylic acid groups (broad SMARTS) is 1. The fourth-order valence-corrected chi connectivity index (χ4v) is 2.24. The third kappa shape index (κ3) is 3.03. The first-order valence-corrected chi connectivity index (χ1v) is 6.29. The molecule has 0 aliphatic rings. The van der Waals surface area contributed by atoms with Gasteiger partial charge in [0.15, 0.2) is 11.0 Å². The van der Waals surface area contributed by atoms with E-state index >= 15 is 0 Å². The molecule has 0 spiro atoms. The van der Waals surface area contributed by atoms with E-state index in [2.05, 4.69) is 77.1 Å². The number of imidazole rings is 1. The molecule has 0 aliphatic carbocycles. The lowest BCUT2D eigenvalue weighted by Crippen LogP contribution is -2.25. The molecular formula is C16H16N2O2. The Bertz CT molecular complexity index is 690. The summed E-state index contributed by atoms with van der Waals surface area (Å²) in [5.74, 6) is 0. The maximum Gasteiger partial charge on any atom is 0.244 e. The summed E-state index contributed by atoms with van der Waals surface area (Å²) in [6.45, 7) is 0.419. The average molecular weight is 268 g/mol. The largest absolute Gasteiger partial charge is 0.554 e. The van der Waals surface area contributed by atoms with Crippen molar-refractivity contribution in [2.24, 2.45) is 7.05 Å².